The number of furan rings is 1. The number of hydrogen-bond donors (Lipinski definition) is 0. The lowest BCUT2D eigenvalue weighted by atomic mass is 10.2. The summed E-state index contributed by atoms with van der Waals surface area (Å²) >= 11 is 2.53. The average molecular weight is 346 g/mol. The molecule has 0 unspecified atom stereocenters. The number of aliphatic imine (C=N–C) groups is 1. The SMILES string of the molecule is O=C1SC(SCc2ccccc2)=N/C1=C/c1ccc([N+](=O)[O-])o1. The molecule has 6 nitrogen and oxygen atoms in total. The van der Waals surface area contributed by atoms with Crippen molar-refractivity contribution < 1.29 is 14.1 Å². The lowest BCUT2D eigenvalue weighted by Gasteiger charge is -1.98. The number of nitrogens with zero attached hydrogens (tertiary/aromatic N) is 2. The van der Waals surface area contributed by atoms with E-state index in [0.29, 0.717) is 4.38 Å². The Hall–Kier alpha value is -2.32. The summed E-state index contributed by atoms with van der Waals surface area (Å²) in [6.07, 6.45) is 1.42. The molecule has 23 heavy (non-hydrogen) atoms. The molecule has 3 rings (SSSR count). The van der Waals surface area contributed by atoms with E-state index in [9.17, 15) is 14.9 Å². The van der Waals surface area contributed by atoms with Gasteiger partial charge >= 0.3 is 5.88 Å². The zero-order chi connectivity index (χ0) is 16.2. The fourth-order valence-electron chi connectivity index (χ4n) is 1.82. The van der Waals surface area contributed by atoms with E-state index in [1.807, 2.05) is 30.3 Å². The van der Waals surface area contributed by atoms with Gasteiger partial charge in [-0.15, -0.1) is 0 Å². The Labute approximate surface area is 139 Å². The number of rotatable bonds is 4. The molecule has 0 aliphatic carbocycles. The third-order valence-corrected chi connectivity index (χ3v) is 4.96. The Balaban J connectivity index is 1.70. The van der Waals surface area contributed by atoms with Crippen molar-refractivity contribution in [3.63, 3.8) is 0 Å². The van der Waals surface area contributed by atoms with Crippen molar-refractivity contribution in [3.8, 4) is 0 Å². The molecule has 1 aromatic carbocycles. The molecule has 1 aliphatic rings. The van der Waals surface area contributed by atoms with Gasteiger partial charge < -0.3 is 4.42 Å². The van der Waals surface area contributed by atoms with Crippen LogP contribution >= 0.6 is 23.5 Å². The molecule has 116 valence electrons. The van der Waals surface area contributed by atoms with Crippen LogP contribution in [0.25, 0.3) is 6.08 Å². The third kappa shape index (κ3) is 3.91. The largest absolute Gasteiger partial charge is 0.433 e. The maximum Gasteiger partial charge on any atom is 0.433 e. The molecule has 0 amide bonds. The van der Waals surface area contributed by atoms with Gasteiger partial charge in [0.1, 0.15) is 20.8 Å². The highest BCUT2D eigenvalue weighted by atomic mass is 32.2. The predicted octanol–water partition coefficient (Wildman–Crippen LogP) is 4.09. The third-order valence-electron chi connectivity index (χ3n) is 2.88. The maximum absolute atomic E-state index is 11.9. The highest BCUT2D eigenvalue weighted by Gasteiger charge is 2.23. The zero-order valence-corrected chi connectivity index (χ0v) is 13.3. The van der Waals surface area contributed by atoms with Crippen molar-refractivity contribution in [3.05, 3.63) is 69.6 Å². The molecule has 0 fully saturated rings. The zero-order valence-electron chi connectivity index (χ0n) is 11.7. The topological polar surface area (TPSA) is 85.7 Å². The molecular weight excluding hydrogens is 336 g/mol. The van der Waals surface area contributed by atoms with Crippen molar-refractivity contribution in [1.29, 1.82) is 0 Å². The second kappa shape index (κ2) is 6.84. The molecule has 0 radical (unpaired) electrons. The highest BCUT2D eigenvalue weighted by molar-refractivity contribution is 8.45. The number of nitro groups is 1. The minimum absolute atomic E-state index is 0.195. The summed E-state index contributed by atoms with van der Waals surface area (Å²) in [6.45, 7) is 0. The van der Waals surface area contributed by atoms with E-state index in [-0.39, 0.29) is 22.5 Å². The van der Waals surface area contributed by atoms with Gasteiger partial charge in [-0.25, -0.2) is 4.99 Å². The number of hydrogen-bond acceptors (Lipinski definition) is 7. The lowest BCUT2D eigenvalue weighted by Crippen LogP contribution is -1.88. The lowest BCUT2D eigenvalue weighted by molar-refractivity contribution is -0.402. The Morgan fingerprint density at radius 1 is 1.26 bits per heavy atom. The molecule has 2 aromatic rings. The van der Waals surface area contributed by atoms with Crippen LogP contribution in [-0.2, 0) is 10.5 Å². The second-order valence-corrected chi connectivity index (χ2v) is 6.69. The van der Waals surface area contributed by atoms with Crippen LogP contribution in [-0.4, -0.2) is 14.4 Å². The predicted molar refractivity (Wildman–Crippen MR) is 91.1 cm³/mol. The van der Waals surface area contributed by atoms with Crippen molar-refractivity contribution >= 4 is 45.0 Å². The van der Waals surface area contributed by atoms with Gasteiger partial charge in [0, 0.05) is 11.8 Å². The first-order valence-corrected chi connectivity index (χ1v) is 8.35. The molecule has 0 saturated heterocycles. The highest BCUT2D eigenvalue weighted by Crippen LogP contribution is 2.33. The monoisotopic (exact) mass is 346 g/mol. The minimum atomic E-state index is -0.627. The summed E-state index contributed by atoms with van der Waals surface area (Å²) in [5, 5.41) is 10.4. The number of carbonyl (C=O) groups excluding carboxylic acids is 1. The summed E-state index contributed by atoms with van der Waals surface area (Å²) < 4.78 is 5.67. The van der Waals surface area contributed by atoms with Crippen LogP contribution in [0.15, 0.2) is 57.6 Å². The molecule has 0 spiro atoms. The standard InChI is InChI=1S/C15H10N2O4S2/c18-14-12(8-11-6-7-13(21-11)17(19)20)16-15(23-14)22-9-10-4-2-1-3-5-10/h1-8H,9H2/b12-8+. The van der Waals surface area contributed by atoms with Crippen LogP contribution in [0.3, 0.4) is 0 Å². The summed E-state index contributed by atoms with van der Waals surface area (Å²) in [5.41, 5.74) is 1.38. The summed E-state index contributed by atoms with van der Waals surface area (Å²) in [7, 11) is 0. The van der Waals surface area contributed by atoms with E-state index >= 15 is 0 Å². The van der Waals surface area contributed by atoms with Crippen LogP contribution in [0.4, 0.5) is 5.88 Å². The quantitative estimate of drug-likeness (QED) is 0.471. The molecule has 2 heterocycles. The Morgan fingerprint density at radius 3 is 2.74 bits per heavy atom. The Morgan fingerprint density at radius 2 is 2.04 bits per heavy atom. The Kier molecular flexibility index (Phi) is 4.63. The van der Waals surface area contributed by atoms with Crippen molar-refractivity contribution in [1.82, 2.24) is 0 Å². The van der Waals surface area contributed by atoms with Crippen molar-refractivity contribution in [2.45, 2.75) is 5.75 Å². The molecule has 1 aromatic heterocycles. The van der Waals surface area contributed by atoms with Gasteiger partial charge in [-0.1, -0.05) is 42.1 Å². The van der Waals surface area contributed by atoms with Crippen LogP contribution in [0.2, 0.25) is 0 Å². The first-order chi connectivity index (χ1) is 11.1. The fourth-order valence-corrected chi connectivity index (χ4v) is 3.62. The minimum Gasteiger partial charge on any atom is -0.401 e. The first-order valence-electron chi connectivity index (χ1n) is 6.55. The number of carbonyl (C=O) groups is 1. The van der Waals surface area contributed by atoms with Gasteiger partial charge in [0.2, 0.25) is 5.12 Å². The van der Waals surface area contributed by atoms with Gasteiger partial charge in [-0.2, -0.15) is 0 Å². The molecule has 0 N–H and O–H groups in total. The van der Waals surface area contributed by atoms with Crippen molar-refractivity contribution in [2.75, 3.05) is 0 Å². The van der Waals surface area contributed by atoms with Crippen molar-refractivity contribution in [2.24, 2.45) is 4.99 Å². The Bertz CT molecular complexity index is 812. The van der Waals surface area contributed by atoms with E-state index in [1.54, 1.807) is 0 Å². The van der Waals surface area contributed by atoms with E-state index in [0.717, 1.165) is 23.1 Å². The van der Waals surface area contributed by atoms with Gasteiger partial charge in [0.05, 0.1) is 6.07 Å². The normalized spacial score (nSPS) is 15.9. The molecule has 0 atom stereocenters. The molecule has 8 heteroatoms. The average Bonchev–Trinajstić information content (AvgIpc) is 3.14. The molecule has 0 saturated carbocycles. The summed E-state index contributed by atoms with van der Waals surface area (Å²) in [5.74, 6) is 0.593. The molecule has 1 aliphatic heterocycles. The van der Waals surface area contributed by atoms with Gasteiger partial charge in [-0.3, -0.25) is 14.9 Å². The number of thioether (sulfide) groups is 2. The molecule has 0 bridgehead atoms. The summed E-state index contributed by atoms with van der Waals surface area (Å²) in [6, 6.07) is 12.6. The van der Waals surface area contributed by atoms with E-state index in [4.69, 9.17) is 4.42 Å². The molecular formula is C15H10N2O4S2. The second-order valence-electron chi connectivity index (χ2n) is 4.50. The van der Waals surface area contributed by atoms with Crippen LogP contribution in [0.5, 0.6) is 0 Å². The van der Waals surface area contributed by atoms with E-state index in [2.05, 4.69) is 4.99 Å². The smallest absolute Gasteiger partial charge is 0.401 e. The van der Waals surface area contributed by atoms with Gasteiger partial charge in [0.25, 0.3) is 0 Å². The first kappa shape index (κ1) is 15.6. The van der Waals surface area contributed by atoms with E-state index in [1.165, 1.54) is 30.0 Å². The maximum atomic E-state index is 11.9. The van der Waals surface area contributed by atoms with Crippen LogP contribution in [0, 0.1) is 10.1 Å². The van der Waals surface area contributed by atoms with E-state index < -0.39 is 4.92 Å². The fraction of sp³-hybridized carbons (Fsp3) is 0.0667. The van der Waals surface area contributed by atoms with Crippen LogP contribution < -0.4 is 0 Å². The van der Waals surface area contributed by atoms with Crippen LogP contribution in [0.1, 0.15) is 11.3 Å². The van der Waals surface area contributed by atoms with Gasteiger partial charge in [0.15, 0.2) is 0 Å². The summed E-state index contributed by atoms with van der Waals surface area (Å²) in [4.78, 5) is 26.1. The number of benzene rings is 1. The van der Waals surface area contributed by atoms with Gasteiger partial charge in [-0.05, 0) is 23.4 Å².